The maximum absolute atomic E-state index is 13.8. The number of carboxylic acid groups (broad SMARTS) is 1. The van der Waals surface area contributed by atoms with Crippen molar-refractivity contribution < 1.29 is 24.0 Å². The number of halogens is 1. The van der Waals surface area contributed by atoms with Crippen LogP contribution in [-0.4, -0.2) is 16.0 Å². The van der Waals surface area contributed by atoms with Gasteiger partial charge < -0.3 is 9.84 Å². The van der Waals surface area contributed by atoms with E-state index in [0.29, 0.717) is 5.56 Å². The lowest BCUT2D eigenvalue weighted by Crippen LogP contribution is -2.00. The molecule has 2 rings (SSSR count). The predicted molar refractivity (Wildman–Crippen MR) is 71.3 cm³/mol. The Hall–Kier alpha value is -2.96. The maximum atomic E-state index is 13.8. The molecule has 6 nitrogen and oxygen atoms in total. The Balaban J connectivity index is 2.46. The van der Waals surface area contributed by atoms with Crippen LogP contribution in [0.4, 0.5) is 10.1 Å². The fraction of sp³-hybridized carbons (Fsp3) is 0.0714. The van der Waals surface area contributed by atoms with Crippen LogP contribution < -0.4 is 4.74 Å². The standard InChI is InChI=1S/C14H10FNO5/c1-8-3-2-4-12(13(8)15)21-11-6-5-9(14(17)18)7-10(11)16(19)20/h2-7H,1H3,(H,17,18). The summed E-state index contributed by atoms with van der Waals surface area (Å²) < 4.78 is 19.0. The molecule has 0 atom stereocenters. The number of benzene rings is 2. The summed E-state index contributed by atoms with van der Waals surface area (Å²) in [7, 11) is 0. The van der Waals surface area contributed by atoms with Gasteiger partial charge in [-0.25, -0.2) is 9.18 Å². The molecule has 1 N–H and O–H groups in total. The Labute approximate surface area is 118 Å². The van der Waals surface area contributed by atoms with Crippen molar-refractivity contribution in [1.29, 1.82) is 0 Å². The van der Waals surface area contributed by atoms with E-state index in [1.807, 2.05) is 0 Å². The smallest absolute Gasteiger partial charge is 0.335 e. The minimum atomic E-state index is -1.30. The lowest BCUT2D eigenvalue weighted by atomic mass is 10.2. The van der Waals surface area contributed by atoms with Crippen LogP contribution in [0.2, 0.25) is 0 Å². The molecule has 2 aromatic rings. The van der Waals surface area contributed by atoms with Gasteiger partial charge in [0, 0.05) is 6.07 Å². The molecule has 0 saturated carbocycles. The highest BCUT2D eigenvalue weighted by molar-refractivity contribution is 5.88. The van der Waals surface area contributed by atoms with Crippen LogP contribution in [0.5, 0.6) is 11.5 Å². The molecule has 0 saturated heterocycles. The summed E-state index contributed by atoms with van der Waals surface area (Å²) in [5, 5.41) is 19.8. The second kappa shape index (κ2) is 5.58. The van der Waals surface area contributed by atoms with Crippen LogP contribution in [0.25, 0.3) is 0 Å². The van der Waals surface area contributed by atoms with Crippen molar-refractivity contribution in [3.63, 3.8) is 0 Å². The molecule has 0 amide bonds. The lowest BCUT2D eigenvalue weighted by molar-refractivity contribution is -0.385. The average Bonchev–Trinajstić information content (AvgIpc) is 2.43. The van der Waals surface area contributed by atoms with Crippen LogP contribution in [0.1, 0.15) is 15.9 Å². The van der Waals surface area contributed by atoms with Gasteiger partial charge in [-0.3, -0.25) is 10.1 Å². The van der Waals surface area contributed by atoms with Crippen molar-refractivity contribution in [3.05, 3.63) is 63.5 Å². The van der Waals surface area contributed by atoms with Gasteiger partial charge in [0.05, 0.1) is 10.5 Å². The number of nitro benzene ring substituents is 1. The Morgan fingerprint density at radius 2 is 2.00 bits per heavy atom. The third-order valence-electron chi connectivity index (χ3n) is 2.78. The number of nitro groups is 1. The second-order valence-corrected chi connectivity index (χ2v) is 4.23. The van der Waals surface area contributed by atoms with Crippen molar-refractivity contribution in [2.75, 3.05) is 0 Å². The normalized spacial score (nSPS) is 10.2. The minimum absolute atomic E-state index is 0.166. The zero-order valence-corrected chi connectivity index (χ0v) is 10.9. The molecule has 108 valence electrons. The number of ether oxygens (including phenoxy) is 1. The summed E-state index contributed by atoms with van der Waals surface area (Å²) in [4.78, 5) is 21.0. The van der Waals surface area contributed by atoms with E-state index in [-0.39, 0.29) is 17.1 Å². The average molecular weight is 291 g/mol. The van der Waals surface area contributed by atoms with Gasteiger partial charge in [-0.15, -0.1) is 0 Å². The SMILES string of the molecule is Cc1cccc(Oc2ccc(C(=O)O)cc2[N+](=O)[O-])c1F. The first-order chi connectivity index (χ1) is 9.90. The van der Waals surface area contributed by atoms with E-state index in [4.69, 9.17) is 9.84 Å². The molecule has 0 aromatic heterocycles. The predicted octanol–water partition coefficient (Wildman–Crippen LogP) is 3.53. The number of hydrogen-bond acceptors (Lipinski definition) is 4. The monoisotopic (exact) mass is 291 g/mol. The first kappa shape index (κ1) is 14.4. The fourth-order valence-corrected chi connectivity index (χ4v) is 1.70. The number of carboxylic acids is 1. The van der Waals surface area contributed by atoms with Gasteiger partial charge in [0.25, 0.3) is 0 Å². The van der Waals surface area contributed by atoms with E-state index in [0.717, 1.165) is 18.2 Å². The molecule has 0 bridgehead atoms. The summed E-state index contributed by atoms with van der Waals surface area (Å²) >= 11 is 0. The van der Waals surface area contributed by atoms with Crippen LogP contribution in [0.3, 0.4) is 0 Å². The van der Waals surface area contributed by atoms with Crippen LogP contribution in [0.15, 0.2) is 36.4 Å². The zero-order chi connectivity index (χ0) is 15.6. The molecule has 0 fully saturated rings. The third kappa shape index (κ3) is 2.97. The number of rotatable bonds is 4. The third-order valence-corrected chi connectivity index (χ3v) is 2.78. The molecular weight excluding hydrogens is 281 g/mol. The molecule has 0 radical (unpaired) electrons. The van der Waals surface area contributed by atoms with E-state index >= 15 is 0 Å². The lowest BCUT2D eigenvalue weighted by Gasteiger charge is -2.09. The quantitative estimate of drug-likeness (QED) is 0.687. The number of aryl methyl sites for hydroxylation is 1. The fourth-order valence-electron chi connectivity index (χ4n) is 1.70. The van der Waals surface area contributed by atoms with Gasteiger partial charge in [-0.1, -0.05) is 12.1 Å². The summed E-state index contributed by atoms with van der Waals surface area (Å²) in [6.45, 7) is 1.53. The van der Waals surface area contributed by atoms with Crippen molar-refractivity contribution in [1.82, 2.24) is 0 Å². The van der Waals surface area contributed by atoms with E-state index in [9.17, 15) is 19.3 Å². The molecule has 0 aliphatic rings. The number of nitrogens with zero attached hydrogens (tertiary/aromatic N) is 1. The van der Waals surface area contributed by atoms with Crippen molar-refractivity contribution in [2.45, 2.75) is 6.92 Å². The second-order valence-electron chi connectivity index (χ2n) is 4.23. The number of aromatic carboxylic acids is 1. The zero-order valence-electron chi connectivity index (χ0n) is 10.9. The highest BCUT2D eigenvalue weighted by atomic mass is 19.1. The van der Waals surface area contributed by atoms with E-state index in [2.05, 4.69) is 0 Å². The maximum Gasteiger partial charge on any atom is 0.335 e. The van der Waals surface area contributed by atoms with E-state index in [1.54, 1.807) is 6.07 Å². The molecule has 7 heteroatoms. The summed E-state index contributed by atoms with van der Waals surface area (Å²) in [5.74, 6) is -2.32. The molecule has 0 heterocycles. The van der Waals surface area contributed by atoms with Crippen LogP contribution in [0, 0.1) is 22.9 Å². The largest absolute Gasteiger partial charge is 0.478 e. The highest BCUT2D eigenvalue weighted by Gasteiger charge is 2.20. The van der Waals surface area contributed by atoms with Gasteiger partial charge in [0.1, 0.15) is 0 Å². The molecule has 2 aromatic carbocycles. The first-order valence-corrected chi connectivity index (χ1v) is 5.85. The number of hydrogen-bond donors (Lipinski definition) is 1. The molecule has 21 heavy (non-hydrogen) atoms. The van der Waals surface area contributed by atoms with Crippen molar-refractivity contribution >= 4 is 11.7 Å². The Bertz CT molecular complexity index is 729. The Kier molecular flexibility index (Phi) is 3.84. The van der Waals surface area contributed by atoms with Gasteiger partial charge in [-0.05, 0) is 30.7 Å². The van der Waals surface area contributed by atoms with Gasteiger partial charge >= 0.3 is 11.7 Å². The number of carbonyl (C=O) groups is 1. The summed E-state index contributed by atoms with van der Waals surface area (Å²) in [6.07, 6.45) is 0. The minimum Gasteiger partial charge on any atom is -0.478 e. The van der Waals surface area contributed by atoms with E-state index < -0.39 is 22.4 Å². The molecule has 0 unspecified atom stereocenters. The van der Waals surface area contributed by atoms with E-state index in [1.165, 1.54) is 19.1 Å². The van der Waals surface area contributed by atoms with Crippen LogP contribution in [-0.2, 0) is 0 Å². The molecule has 0 spiro atoms. The van der Waals surface area contributed by atoms with Crippen LogP contribution >= 0.6 is 0 Å². The van der Waals surface area contributed by atoms with Gasteiger partial charge in [0.2, 0.25) is 5.75 Å². The summed E-state index contributed by atoms with van der Waals surface area (Å²) in [6, 6.07) is 7.56. The molecule has 0 aliphatic heterocycles. The Morgan fingerprint density at radius 1 is 1.29 bits per heavy atom. The highest BCUT2D eigenvalue weighted by Crippen LogP contribution is 2.33. The summed E-state index contributed by atoms with van der Waals surface area (Å²) in [5.41, 5.74) is -0.466. The molecular formula is C14H10FNO5. The van der Waals surface area contributed by atoms with Gasteiger partial charge in [0.15, 0.2) is 11.6 Å². The van der Waals surface area contributed by atoms with Gasteiger partial charge in [-0.2, -0.15) is 0 Å². The molecule has 0 aliphatic carbocycles. The Morgan fingerprint density at radius 3 is 2.62 bits per heavy atom. The van der Waals surface area contributed by atoms with Crippen molar-refractivity contribution in [2.24, 2.45) is 0 Å². The van der Waals surface area contributed by atoms with Crippen molar-refractivity contribution in [3.8, 4) is 11.5 Å². The topological polar surface area (TPSA) is 89.7 Å². The first-order valence-electron chi connectivity index (χ1n) is 5.85.